The summed E-state index contributed by atoms with van der Waals surface area (Å²) in [5.74, 6) is 0.244. The molecule has 0 aliphatic carbocycles. The lowest BCUT2D eigenvalue weighted by atomic mass is 9.99. The van der Waals surface area contributed by atoms with Gasteiger partial charge in [-0.1, -0.05) is 0 Å². The van der Waals surface area contributed by atoms with Crippen molar-refractivity contribution in [2.75, 3.05) is 18.4 Å². The summed E-state index contributed by atoms with van der Waals surface area (Å²) in [6.07, 6.45) is 2.07. The Labute approximate surface area is 110 Å². The third-order valence-electron chi connectivity index (χ3n) is 3.39. The van der Waals surface area contributed by atoms with Crippen LogP contribution in [0.2, 0.25) is 0 Å². The Kier molecular flexibility index (Phi) is 3.30. The Hall–Kier alpha value is -1.39. The summed E-state index contributed by atoms with van der Waals surface area (Å²) in [5, 5.41) is 9.55. The van der Waals surface area contributed by atoms with Crippen LogP contribution in [0, 0.1) is 5.92 Å². The van der Waals surface area contributed by atoms with Gasteiger partial charge in [0.2, 0.25) is 5.91 Å². The lowest BCUT2D eigenvalue weighted by Crippen LogP contribution is -2.37. The minimum Gasteiger partial charge on any atom is -0.326 e. The number of hydrogen-bond donors (Lipinski definition) is 2. The summed E-state index contributed by atoms with van der Waals surface area (Å²) in [7, 11) is 0. The van der Waals surface area contributed by atoms with E-state index in [1.165, 1.54) is 10.1 Å². The Morgan fingerprint density at radius 2 is 2.33 bits per heavy atom. The smallest absolute Gasteiger partial charge is 0.228 e. The van der Waals surface area contributed by atoms with Gasteiger partial charge in [0.15, 0.2) is 0 Å². The first-order valence-corrected chi connectivity index (χ1v) is 7.20. The quantitative estimate of drug-likeness (QED) is 0.871. The number of anilines is 1. The topological polar surface area (TPSA) is 41.1 Å². The number of benzene rings is 1. The second-order valence-corrected chi connectivity index (χ2v) is 5.65. The molecular weight excluding hydrogens is 244 g/mol. The van der Waals surface area contributed by atoms with Gasteiger partial charge in [-0.15, -0.1) is 11.3 Å². The summed E-state index contributed by atoms with van der Waals surface area (Å²) < 4.78 is 1.26. The average Bonchev–Trinajstić information content (AvgIpc) is 2.87. The second kappa shape index (κ2) is 5.08. The zero-order chi connectivity index (χ0) is 12.4. The lowest BCUT2D eigenvalue weighted by molar-refractivity contribution is -0.120. The maximum absolute atomic E-state index is 12.1. The summed E-state index contributed by atoms with van der Waals surface area (Å²) in [6, 6.07) is 8.17. The first-order chi connectivity index (χ1) is 8.83. The molecule has 1 atom stereocenters. The molecule has 1 saturated heterocycles. The molecule has 1 fully saturated rings. The van der Waals surface area contributed by atoms with E-state index in [0.717, 1.165) is 31.6 Å². The molecular formula is C14H16N2OS. The molecule has 0 spiro atoms. The van der Waals surface area contributed by atoms with Crippen LogP contribution in [0.25, 0.3) is 10.1 Å². The maximum Gasteiger partial charge on any atom is 0.228 e. The van der Waals surface area contributed by atoms with Crippen molar-refractivity contribution >= 4 is 33.0 Å². The van der Waals surface area contributed by atoms with Crippen molar-refractivity contribution in [3.63, 3.8) is 0 Å². The first kappa shape index (κ1) is 11.7. The monoisotopic (exact) mass is 260 g/mol. The molecule has 1 aliphatic heterocycles. The maximum atomic E-state index is 12.1. The standard InChI is InChI=1S/C14H16N2OS/c17-14(11-2-1-6-15-9-11)16-12-3-4-13-10(8-12)5-7-18-13/h3-5,7-8,11,15H,1-2,6,9H2,(H,16,17)/t11-/m1/s1. The van der Waals surface area contributed by atoms with Crippen LogP contribution in [-0.2, 0) is 4.79 Å². The molecule has 2 aromatic rings. The van der Waals surface area contributed by atoms with Crippen LogP contribution in [0.5, 0.6) is 0 Å². The number of carbonyl (C=O) groups excluding carboxylic acids is 1. The van der Waals surface area contributed by atoms with Gasteiger partial charge >= 0.3 is 0 Å². The van der Waals surface area contributed by atoms with E-state index in [9.17, 15) is 4.79 Å². The van der Waals surface area contributed by atoms with Crippen molar-refractivity contribution in [2.45, 2.75) is 12.8 Å². The molecule has 3 nitrogen and oxygen atoms in total. The molecule has 2 N–H and O–H groups in total. The number of fused-ring (bicyclic) bond motifs is 1. The summed E-state index contributed by atoms with van der Waals surface area (Å²) in [4.78, 5) is 12.1. The van der Waals surface area contributed by atoms with E-state index in [1.54, 1.807) is 11.3 Å². The lowest BCUT2D eigenvalue weighted by Gasteiger charge is -2.21. The van der Waals surface area contributed by atoms with E-state index in [-0.39, 0.29) is 11.8 Å². The molecule has 3 rings (SSSR count). The highest BCUT2D eigenvalue weighted by Gasteiger charge is 2.20. The van der Waals surface area contributed by atoms with Crippen molar-refractivity contribution in [1.82, 2.24) is 5.32 Å². The number of hydrogen-bond acceptors (Lipinski definition) is 3. The van der Waals surface area contributed by atoms with E-state index in [4.69, 9.17) is 0 Å². The molecule has 1 aliphatic rings. The summed E-state index contributed by atoms with van der Waals surface area (Å²) >= 11 is 1.72. The highest BCUT2D eigenvalue weighted by Crippen LogP contribution is 2.24. The molecule has 1 aromatic heterocycles. The van der Waals surface area contributed by atoms with Crippen molar-refractivity contribution in [1.29, 1.82) is 0 Å². The van der Waals surface area contributed by atoms with E-state index in [1.807, 2.05) is 12.1 Å². The van der Waals surface area contributed by atoms with E-state index >= 15 is 0 Å². The van der Waals surface area contributed by atoms with Crippen LogP contribution >= 0.6 is 11.3 Å². The summed E-state index contributed by atoms with van der Waals surface area (Å²) in [6.45, 7) is 1.83. The Balaban J connectivity index is 1.72. The van der Waals surface area contributed by atoms with Crippen molar-refractivity contribution in [3.05, 3.63) is 29.6 Å². The number of amides is 1. The van der Waals surface area contributed by atoms with Gasteiger partial charge in [0.25, 0.3) is 0 Å². The molecule has 94 valence electrons. The first-order valence-electron chi connectivity index (χ1n) is 6.32. The van der Waals surface area contributed by atoms with Crippen molar-refractivity contribution in [2.24, 2.45) is 5.92 Å². The van der Waals surface area contributed by atoms with Gasteiger partial charge < -0.3 is 10.6 Å². The molecule has 0 unspecified atom stereocenters. The summed E-state index contributed by atoms with van der Waals surface area (Å²) in [5.41, 5.74) is 0.900. The van der Waals surface area contributed by atoms with Crippen LogP contribution in [0.4, 0.5) is 5.69 Å². The fraction of sp³-hybridized carbons (Fsp3) is 0.357. The predicted molar refractivity (Wildman–Crippen MR) is 76.0 cm³/mol. The Bertz CT molecular complexity index is 558. The number of piperidine rings is 1. The molecule has 0 bridgehead atoms. The van der Waals surface area contributed by atoms with Crippen LogP contribution in [-0.4, -0.2) is 19.0 Å². The normalized spacial score (nSPS) is 19.9. The highest BCUT2D eigenvalue weighted by atomic mass is 32.1. The largest absolute Gasteiger partial charge is 0.326 e. The fourth-order valence-corrected chi connectivity index (χ4v) is 3.14. The zero-order valence-electron chi connectivity index (χ0n) is 10.1. The number of rotatable bonds is 2. The third-order valence-corrected chi connectivity index (χ3v) is 4.29. The van der Waals surface area contributed by atoms with Gasteiger partial charge in [-0.05, 0) is 54.4 Å². The number of thiophene rings is 1. The van der Waals surface area contributed by atoms with Gasteiger partial charge in [-0.3, -0.25) is 4.79 Å². The minimum absolute atomic E-state index is 0.108. The van der Waals surface area contributed by atoms with E-state index in [0.29, 0.717) is 0 Å². The molecule has 1 amide bonds. The molecule has 0 radical (unpaired) electrons. The van der Waals surface area contributed by atoms with Crippen molar-refractivity contribution in [3.8, 4) is 0 Å². The minimum atomic E-state index is 0.108. The average molecular weight is 260 g/mol. The van der Waals surface area contributed by atoms with Gasteiger partial charge in [-0.2, -0.15) is 0 Å². The van der Waals surface area contributed by atoms with Gasteiger partial charge in [0, 0.05) is 16.9 Å². The predicted octanol–water partition coefficient (Wildman–Crippen LogP) is 2.84. The molecule has 0 saturated carbocycles. The highest BCUT2D eigenvalue weighted by molar-refractivity contribution is 7.17. The van der Waals surface area contributed by atoms with E-state index < -0.39 is 0 Å². The van der Waals surface area contributed by atoms with Crippen LogP contribution in [0.1, 0.15) is 12.8 Å². The molecule has 4 heteroatoms. The molecule has 2 heterocycles. The van der Waals surface area contributed by atoms with E-state index in [2.05, 4.69) is 28.1 Å². The zero-order valence-corrected chi connectivity index (χ0v) is 10.9. The van der Waals surface area contributed by atoms with Gasteiger partial charge in [0.05, 0.1) is 5.92 Å². The fourth-order valence-electron chi connectivity index (χ4n) is 2.36. The van der Waals surface area contributed by atoms with Gasteiger partial charge in [0.1, 0.15) is 0 Å². The van der Waals surface area contributed by atoms with Gasteiger partial charge in [-0.25, -0.2) is 0 Å². The van der Waals surface area contributed by atoms with Crippen LogP contribution in [0.3, 0.4) is 0 Å². The second-order valence-electron chi connectivity index (χ2n) is 4.71. The molecule has 18 heavy (non-hydrogen) atoms. The number of carbonyl (C=O) groups is 1. The Morgan fingerprint density at radius 1 is 1.39 bits per heavy atom. The van der Waals surface area contributed by atoms with Crippen LogP contribution in [0.15, 0.2) is 29.6 Å². The van der Waals surface area contributed by atoms with Crippen LogP contribution < -0.4 is 10.6 Å². The third kappa shape index (κ3) is 2.40. The molecule has 1 aromatic carbocycles. The Morgan fingerprint density at radius 3 is 3.17 bits per heavy atom. The van der Waals surface area contributed by atoms with Crippen molar-refractivity contribution < 1.29 is 4.79 Å². The number of nitrogens with one attached hydrogen (secondary N) is 2. The SMILES string of the molecule is O=C(Nc1ccc2sccc2c1)[C@@H]1CCCNC1.